The predicted molar refractivity (Wildman–Crippen MR) is 61.0 cm³/mol. The molecule has 3 heteroatoms. The molecule has 1 aliphatic rings. The Morgan fingerprint density at radius 1 is 1.50 bits per heavy atom. The molecule has 1 atom stereocenters. The molecule has 0 amide bonds. The summed E-state index contributed by atoms with van der Waals surface area (Å²) in [6.45, 7) is 6.59. The van der Waals surface area contributed by atoms with Crippen LogP contribution in [-0.2, 0) is 4.74 Å². The number of methoxy groups -OCH3 is 1. The molecule has 1 unspecified atom stereocenters. The lowest BCUT2D eigenvalue weighted by molar-refractivity contribution is 0.00706. The van der Waals surface area contributed by atoms with Crippen molar-refractivity contribution in [3.8, 4) is 0 Å². The molecule has 0 aromatic heterocycles. The van der Waals surface area contributed by atoms with Crippen LogP contribution in [0.25, 0.3) is 0 Å². The molecule has 1 rings (SSSR count). The third-order valence-corrected chi connectivity index (χ3v) is 3.59. The predicted octanol–water partition coefficient (Wildman–Crippen LogP) is 2.50. The standard InChI is InChI=1S/C11H22ClNO/c1-11(2,14-3)6-8-13-7-4-5-10(13)9-12/h10H,4-9H2,1-3H3. The first-order chi connectivity index (χ1) is 6.59. The number of alkyl halides is 1. The van der Waals surface area contributed by atoms with Crippen molar-refractivity contribution in [1.82, 2.24) is 4.90 Å². The summed E-state index contributed by atoms with van der Waals surface area (Å²) in [6.07, 6.45) is 3.64. The van der Waals surface area contributed by atoms with Gasteiger partial charge in [-0.2, -0.15) is 0 Å². The molecule has 84 valence electrons. The van der Waals surface area contributed by atoms with Gasteiger partial charge in [-0.05, 0) is 39.7 Å². The van der Waals surface area contributed by atoms with Crippen molar-refractivity contribution in [1.29, 1.82) is 0 Å². The van der Waals surface area contributed by atoms with Gasteiger partial charge in [-0.15, -0.1) is 11.6 Å². The fourth-order valence-corrected chi connectivity index (χ4v) is 2.23. The SMILES string of the molecule is COC(C)(C)CCN1CCCC1CCl. The van der Waals surface area contributed by atoms with Gasteiger partial charge >= 0.3 is 0 Å². The molecule has 1 aliphatic heterocycles. The lowest BCUT2D eigenvalue weighted by atomic mass is 10.0. The monoisotopic (exact) mass is 219 g/mol. The number of hydrogen-bond donors (Lipinski definition) is 0. The van der Waals surface area contributed by atoms with Crippen LogP contribution in [0.3, 0.4) is 0 Å². The Bertz CT molecular complexity index is 173. The molecule has 14 heavy (non-hydrogen) atoms. The Hall–Kier alpha value is 0.210. The van der Waals surface area contributed by atoms with E-state index in [4.69, 9.17) is 16.3 Å². The summed E-state index contributed by atoms with van der Waals surface area (Å²) in [4.78, 5) is 2.49. The van der Waals surface area contributed by atoms with Gasteiger partial charge in [0.05, 0.1) is 5.60 Å². The molecular weight excluding hydrogens is 198 g/mol. The quantitative estimate of drug-likeness (QED) is 0.659. The Morgan fingerprint density at radius 3 is 2.79 bits per heavy atom. The summed E-state index contributed by atoms with van der Waals surface area (Å²) in [5, 5.41) is 0. The average molecular weight is 220 g/mol. The summed E-state index contributed by atoms with van der Waals surface area (Å²) in [5.74, 6) is 0.771. The minimum Gasteiger partial charge on any atom is -0.379 e. The van der Waals surface area contributed by atoms with Crippen LogP contribution in [0.4, 0.5) is 0 Å². The second kappa shape index (κ2) is 5.34. The number of ether oxygens (including phenoxy) is 1. The normalized spacial score (nSPS) is 24.4. The Kier molecular flexibility index (Phi) is 4.68. The first kappa shape index (κ1) is 12.3. The maximum atomic E-state index is 5.91. The summed E-state index contributed by atoms with van der Waals surface area (Å²) in [7, 11) is 1.78. The van der Waals surface area contributed by atoms with E-state index in [2.05, 4.69) is 18.7 Å². The topological polar surface area (TPSA) is 12.5 Å². The van der Waals surface area contributed by atoms with Gasteiger partial charge in [0.2, 0.25) is 0 Å². The van der Waals surface area contributed by atoms with Gasteiger partial charge in [0.15, 0.2) is 0 Å². The highest BCUT2D eigenvalue weighted by molar-refractivity contribution is 6.18. The van der Waals surface area contributed by atoms with Crippen LogP contribution < -0.4 is 0 Å². The van der Waals surface area contributed by atoms with Crippen molar-refractivity contribution in [3.63, 3.8) is 0 Å². The van der Waals surface area contributed by atoms with Crippen LogP contribution in [0.1, 0.15) is 33.1 Å². The van der Waals surface area contributed by atoms with E-state index < -0.39 is 0 Å². The highest BCUT2D eigenvalue weighted by Crippen LogP contribution is 2.21. The molecule has 1 fully saturated rings. The van der Waals surface area contributed by atoms with Crippen molar-refractivity contribution in [2.45, 2.75) is 44.8 Å². The number of rotatable bonds is 5. The molecule has 0 aromatic carbocycles. The van der Waals surface area contributed by atoms with Gasteiger partial charge in [0.25, 0.3) is 0 Å². The minimum absolute atomic E-state index is 0.000543. The largest absolute Gasteiger partial charge is 0.379 e. The summed E-state index contributed by atoms with van der Waals surface area (Å²) in [6, 6.07) is 0.601. The van der Waals surface area contributed by atoms with Crippen LogP contribution in [0.15, 0.2) is 0 Å². The smallest absolute Gasteiger partial charge is 0.0634 e. The first-order valence-corrected chi connectivity index (χ1v) is 5.97. The minimum atomic E-state index is -0.000543. The highest BCUT2D eigenvalue weighted by Gasteiger charge is 2.25. The highest BCUT2D eigenvalue weighted by atomic mass is 35.5. The fraction of sp³-hybridized carbons (Fsp3) is 1.00. The van der Waals surface area contributed by atoms with Gasteiger partial charge in [-0.1, -0.05) is 0 Å². The molecule has 0 spiro atoms. The van der Waals surface area contributed by atoms with Crippen molar-refractivity contribution >= 4 is 11.6 Å². The Morgan fingerprint density at radius 2 is 2.21 bits per heavy atom. The van der Waals surface area contributed by atoms with Crippen LogP contribution in [0.5, 0.6) is 0 Å². The second-order valence-electron chi connectivity index (χ2n) is 4.70. The zero-order chi connectivity index (χ0) is 10.6. The zero-order valence-electron chi connectivity index (χ0n) is 9.55. The van der Waals surface area contributed by atoms with Gasteiger partial charge < -0.3 is 4.74 Å². The van der Waals surface area contributed by atoms with Crippen molar-refractivity contribution < 1.29 is 4.74 Å². The van der Waals surface area contributed by atoms with Gasteiger partial charge in [-0.3, -0.25) is 4.90 Å². The molecule has 0 aromatic rings. The van der Waals surface area contributed by atoms with E-state index in [-0.39, 0.29) is 5.60 Å². The maximum absolute atomic E-state index is 5.91. The van der Waals surface area contributed by atoms with E-state index in [0.29, 0.717) is 6.04 Å². The lowest BCUT2D eigenvalue weighted by Gasteiger charge is -2.28. The van der Waals surface area contributed by atoms with E-state index in [0.717, 1.165) is 18.8 Å². The average Bonchev–Trinajstić information content (AvgIpc) is 2.62. The summed E-state index contributed by atoms with van der Waals surface area (Å²) in [5.41, 5.74) is -0.000543. The van der Waals surface area contributed by atoms with Gasteiger partial charge in [-0.25, -0.2) is 0 Å². The molecule has 0 radical (unpaired) electrons. The van der Waals surface area contributed by atoms with E-state index in [9.17, 15) is 0 Å². The van der Waals surface area contributed by atoms with E-state index in [1.807, 2.05) is 0 Å². The van der Waals surface area contributed by atoms with Crippen LogP contribution >= 0.6 is 11.6 Å². The van der Waals surface area contributed by atoms with Crippen molar-refractivity contribution in [2.75, 3.05) is 26.1 Å². The number of likely N-dealkylation sites (tertiary alicyclic amines) is 1. The molecular formula is C11H22ClNO. The van der Waals surface area contributed by atoms with E-state index >= 15 is 0 Å². The van der Waals surface area contributed by atoms with Crippen LogP contribution in [0, 0.1) is 0 Å². The molecule has 2 nitrogen and oxygen atoms in total. The third-order valence-electron chi connectivity index (χ3n) is 3.23. The molecule has 0 N–H and O–H groups in total. The molecule has 0 bridgehead atoms. The molecule has 0 saturated carbocycles. The molecule has 1 saturated heterocycles. The van der Waals surface area contributed by atoms with Gasteiger partial charge in [0.1, 0.15) is 0 Å². The van der Waals surface area contributed by atoms with Gasteiger partial charge in [0, 0.05) is 25.6 Å². The zero-order valence-corrected chi connectivity index (χ0v) is 10.3. The fourth-order valence-electron chi connectivity index (χ4n) is 1.88. The Labute approximate surface area is 92.6 Å². The van der Waals surface area contributed by atoms with E-state index in [1.165, 1.54) is 19.4 Å². The summed E-state index contributed by atoms with van der Waals surface area (Å²) < 4.78 is 5.41. The maximum Gasteiger partial charge on any atom is 0.0634 e. The van der Waals surface area contributed by atoms with E-state index in [1.54, 1.807) is 7.11 Å². The number of nitrogens with zero attached hydrogens (tertiary/aromatic N) is 1. The lowest BCUT2D eigenvalue weighted by Crippen LogP contribution is -2.36. The van der Waals surface area contributed by atoms with Crippen molar-refractivity contribution in [3.05, 3.63) is 0 Å². The summed E-state index contributed by atoms with van der Waals surface area (Å²) >= 11 is 5.91. The number of hydrogen-bond acceptors (Lipinski definition) is 2. The third kappa shape index (κ3) is 3.41. The first-order valence-electron chi connectivity index (χ1n) is 5.44. The Balaban J connectivity index is 2.30. The van der Waals surface area contributed by atoms with Crippen LogP contribution in [-0.4, -0.2) is 42.6 Å². The molecule has 0 aliphatic carbocycles. The van der Waals surface area contributed by atoms with Crippen LogP contribution in [0.2, 0.25) is 0 Å². The number of halogens is 1. The van der Waals surface area contributed by atoms with Crippen molar-refractivity contribution in [2.24, 2.45) is 0 Å². The second-order valence-corrected chi connectivity index (χ2v) is 5.01. The molecule has 1 heterocycles.